The van der Waals surface area contributed by atoms with E-state index >= 15 is 0 Å². The third kappa shape index (κ3) is 4.58. The fourth-order valence-electron chi connectivity index (χ4n) is 2.72. The van der Waals surface area contributed by atoms with Gasteiger partial charge in [0.25, 0.3) is 0 Å². The van der Waals surface area contributed by atoms with Crippen molar-refractivity contribution in [1.29, 1.82) is 0 Å². The molecule has 0 unspecified atom stereocenters. The van der Waals surface area contributed by atoms with Crippen molar-refractivity contribution in [3.63, 3.8) is 0 Å². The third-order valence-electron chi connectivity index (χ3n) is 4.51. The van der Waals surface area contributed by atoms with Crippen LogP contribution in [0, 0.1) is 5.41 Å². The van der Waals surface area contributed by atoms with Gasteiger partial charge >= 0.3 is 0 Å². The summed E-state index contributed by atoms with van der Waals surface area (Å²) in [5.74, 6) is 1.20. The number of hydrogen-bond acceptors (Lipinski definition) is 4. The molecule has 2 aromatic rings. The first-order valence-corrected chi connectivity index (χ1v) is 8.88. The predicted octanol–water partition coefficient (Wildman–Crippen LogP) is 3.62. The lowest BCUT2D eigenvalue weighted by Gasteiger charge is -2.18. The monoisotopic (exact) mass is 368 g/mol. The zero-order valence-corrected chi connectivity index (χ0v) is 15.8. The van der Waals surface area contributed by atoms with Gasteiger partial charge in [-0.25, -0.2) is 0 Å². The van der Waals surface area contributed by atoms with Crippen LogP contribution in [-0.2, 0) is 16.0 Å². The maximum atomic E-state index is 12.3. The van der Waals surface area contributed by atoms with Gasteiger partial charge < -0.3 is 20.1 Å². The number of aryl methyl sites for hydroxylation is 1. The molecule has 6 nitrogen and oxygen atoms in total. The Hall–Kier alpha value is -3.02. The van der Waals surface area contributed by atoms with Gasteiger partial charge in [0.2, 0.25) is 11.8 Å². The van der Waals surface area contributed by atoms with E-state index in [4.69, 9.17) is 9.47 Å². The Balaban J connectivity index is 1.61. The molecule has 2 aromatic carbocycles. The first-order chi connectivity index (χ1) is 12.9. The molecule has 1 heterocycles. The van der Waals surface area contributed by atoms with Crippen LogP contribution in [0.25, 0.3) is 0 Å². The lowest BCUT2D eigenvalue weighted by atomic mass is 9.94. The van der Waals surface area contributed by atoms with Crippen LogP contribution in [0.5, 0.6) is 11.5 Å². The smallest absolute Gasteiger partial charge is 0.233 e. The zero-order chi connectivity index (χ0) is 19.4. The molecule has 1 aliphatic rings. The van der Waals surface area contributed by atoms with E-state index in [0.29, 0.717) is 36.6 Å². The second-order valence-electron chi connectivity index (χ2n) is 7.23. The van der Waals surface area contributed by atoms with Crippen LogP contribution >= 0.6 is 0 Å². The van der Waals surface area contributed by atoms with Gasteiger partial charge in [-0.05, 0) is 56.2 Å². The van der Waals surface area contributed by atoms with Crippen molar-refractivity contribution in [3.05, 3.63) is 48.0 Å². The summed E-state index contributed by atoms with van der Waals surface area (Å²) in [7, 11) is 1.62. The van der Waals surface area contributed by atoms with Crippen molar-refractivity contribution in [2.24, 2.45) is 5.41 Å². The number of rotatable bonds is 5. The molecule has 6 heteroatoms. The van der Waals surface area contributed by atoms with E-state index in [2.05, 4.69) is 10.6 Å². The van der Waals surface area contributed by atoms with Crippen LogP contribution in [0.2, 0.25) is 0 Å². The maximum Gasteiger partial charge on any atom is 0.233 e. The highest BCUT2D eigenvalue weighted by molar-refractivity contribution is 5.98. The van der Waals surface area contributed by atoms with Crippen molar-refractivity contribution in [2.45, 2.75) is 26.7 Å². The van der Waals surface area contributed by atoms with E-state index < -0.39 is 5.41 Å². The molecule has 0 atom stereocenters. The zero-order valence-electron chi connectivity index (χ0n) is 15.8. The van der Waals surface area contributed by atoms with Gasteiger partial charge in [0.15, 0.2) is 0 Å². The van der Waals surface area contributed by atoms with E-state index in [1.165, 1.54) is 0 Å². The van der Waals surface area contributed by atoms with Crippen LogP contribution in [0.1, 0.15) is 25.8 Å². The van der Waals surface area contributed by atoms with E-state index in [1.54, 1.807) is 25.3 Å². The molecular weight excluding hydrogens is 344 g/mol. The average Bonchev–Trinajstić information content (AvgIpc) is 2.76. The minimum absolute atomic E-state index is 0.0908. The quantitative estimate of drug-likeness (QED) is 0.845. The molecule has 27 heavy (non-hydrogen) atoms. The average molecular weight is 368 g/mol. The third-order valence-corrected chi connectivity index (χ3v) is 4.51. The molecule has 0 bridgehead atoms. The van der Waals surface area contributed by atoms with Crippen LogP contribution in [0.4, 0.5) is 11.4 Å². The topological polar surface area (TPSA) is 76.7 Å². The van der Waals surface area contributed by atoms with Gasteiger partial charge in [-0.15, -0.1) is 0 Å². The number of anilines is 2. The molecule has 0 aromatic heterocycles. The number of methoxy groups -OCH3 is 1. The van der Waals surface area contributed by atoms with Crippen LogP contribution in [-0.4, -0.2) is 25.5 Å². The minimum atomic E-state index is -0.610. The molecule has 3 rings (SSSR count). The van der Waals surface area contributed by atoms with Gasteiger partial charge in [-0.2, -0.15) is 0 Å². The minimum Gasteiger partial charge on any atom is -0.497 e. The van der Waals surface area contributed by atoms with Crippen molar-refractivity contribution in [2.75, 3.05) is 24.4 Å². The van der Waals surface area contributed by atoms with E-state index in [1.807, 2.05) is 38.1 Å². The highest BCUT2D eigenvalue weighted by Gasteiger charge is 2.32. The lowest BCUT2D eigenvalue weighted by molar-refractivity contribution is -0.125. The Kier molecular flexibility index (Phi) is 5.35. The normalized spacial score (nSPS) is 15.0. The Morgan fingerprint density at radius 2 is 1.96 bits per heavy atom. The largest absolute Gasteiger partial charge is 0.497 e. The second-order valence-corrected chi connectivity index (χ2v) is 7.23. The van der Waals surface area contributed by atoms with Gasteiger partial charge in [-0.1, -0.05) is 12.1 Å². The molecule has 0 radical (unpaired) electrons. The number of carbonyl (C=O) groups excluding carboxylic acids is 2. The van der Waals surface area contributed by atoms with Gasteiger partial charge in [0.1, 0.15) is 18.1 Å². The Bertz CT molecular complexity index is 844. The number of nitrogens with one attached hydrogen (secondary N) is 2. The predicted molar refractivity (Wildman–Crippen MR) is 104 cm³/mol. The maximum absolute atomic E-state index is 12.3. The van der Waals surface area contributed by atoms with Crippen molar-refractivity contribution >= 4 is 23.2 Å². The SMILES string of the molecule is COc1ccc(CCC(=O)Nc2ccc3c(c2)NC(=O)C(C)(C)CO3)cc1. The summed E-state index contributed by atoms with van der Waals surface area (Å²) >= 11 is 0. The Labute approximate surface area is 158 Å². The lowest BCUT2D eigenvalue weighted by Crippen LogP contribution is -2.33. The van der Waals surface area contributed by atoms with Crippen LogP contribution in [0.15, 0.2) is 42.5 Å². The molecule has 0 saturated carbocycles. The van der Waals surface area contributed by atoms with Gasteiger partial charge in [0, 0.05) is 12.1 Å². The van der Waals surface area contributed by atoms with Crippen LogP contribution in [0.3, 0.4) is 0 Å². The molecule has 0 aliphatic carbocycles. The number of hydrogen-bond donors (Lipinski definition) is 2. The summed E-state index contributed by atoms with van der Waals surface area (Å²) in [6.45, 7) is 3.96. The summed E-state index contributed by atoms with van der Waals surface area (Å²) in [5.41, 5.74) is 1.65. The summed E-state index contributed by atoms with van der Waals surface area (Å²) in [4.78, 5) is 24.5. The first-order valence-electron chi connectivity index (χ1n) is 8.88. The van der Waals surface area contributed by atoms with Gasteiger partial charge in [-0.3, -0.25) is 9.59 Å². The van der Waals surface area contributed by atoms with Gasteiger partial charge in [0.05, 0.1) is 18.2 Å². The van der Waals surface area contributed by atoms with Crippen LogP contribution < -0.4 is 20.1 Å². The highest BCUT2D eigenvalue weighted by Crippen LogP contribution is 2.34. The van der Waals surface area contributed by atoms with E-state index in [0.717, 1.165) is 11.3 Å². The molecule has 2 N–H and O–H groups in total. The summed E-state index contributed by atoms with van der Waals surface area (Å²) in [6, 6.07) is 12.9. The molecule has 142 valence electrons. The molecular formula is C21H24N2O4. The molecule has 0 spiro atoms. The molecule has 0 saturated heterocycles. The van der Waals surface area contributed by atoms with Crippen molar-refractivity contribution < 1.29 is 19.1 Å². The Morgan fingerprint density at radius 1 is 1.22 bits per heavy atom. The molecule has 2 amide bonds. The van der Waals surface area contributed by atoms with E-state index in [-0.39, 0.29) is 11.8 Å². The van der Waals surface area contributed by atoms with Crippen molar-refractivity contribution in [1.82, 2.24) is 0 Å². The number of carbonyl (C=O) groups is 2. The number of ether oxygens (including phenoxy) is 2. The highest BCUT2D eigenvalue weighted by atomic mass is 16.5. The second kappa shape index (κ2) is 7.70. The Morgan fingerprint density at radius 3 is 2.67 bits per heavy atom. The fourth-order valence-corrected chi connectivity index (χ4v) is 2.72. The fraction of sp³-hybridized carbons (Fsp3) is 0.333. The van der Waals surface area contributed by atoms with Crippen molar-refractivity contribution in [3.8, 4) is 11.5 Å². The summed E-state index contributed by atoms with van der Waals surface area (Å²) < 4.78 is 10.8. The summed E-state index contributed by atoms with van der Waals surface area (Å²) in [5, 5.41) is 5.74. The number of fused-ring (bicyclic) bond motifs is 1. The molecule has 0 fully saturated rings. The summed E-state index contributed by atoms with van der Waals surface area (Å²) in [6.07, 6.45) is 0.994. The molecule has 1 aliphatic heterocycles. The standard InChI is InChI=1S/C21H24N2O4/c1-21(2)13-27-18-10-7-15(12-17(18)23-20(21)25)22-19(24)11-6-14-4-8-16(26-3)9-5-14/h4-5,7-10,12H,6,11,13H2,1-3H3,(H,22,24)(H,23,25). The van der Waals surface area contributed by atoms with E-state index in [9.17, 15) is 9.59 Å². The number of amides is 2. The number of benzene rings is 2. The first kappa shape index (κ1) is 18.8.